The van der Waals surface area contributed by atoms with Gasteiger partial charge in [0.15, 0.2) is 0 Å². The third kappa shape index (κ3) is 3.78. The lowest BCUT2D eigenvalue weighted by molar-refractivity contribution is -0.137. The van der Waals surface area contributed by atoms with E-state index in [4.69, 9.17) is 0 Å². The van der Waals surface area contributed by atoms with Gasteiger partial charge < -0.3 is 5.32 Å². The SMILES string of the molecule is O=C(NCCc1cc(C(F)(F)F)ccn1)C(C1CC1)C1CC1. The average molecular weight is 312 g/mol. The van der Waals surface area contributed by atoms with Gasteiger partial charge in [-0.25, -0.2) is 0 Å². The number of nitrogens with one attached hydrogen (secondary N) is 1. The molecule has 0 bridgehead atoms. The molecule has 0 spiro atoms. The Hall–Kier alpha value is -1.59. The van der Waals surface area contributed by atoms with Crippen molar-refractivity contribution in [3.05, 3.63) is 29.6 Å². The van der Waals surface area contributed by atoms with Gasteiger partial charge in [0.1, 0.15) is 0 Å². The van der Waals surface area contributed by atoms with Crippen molar-refractivity contribution in [2.45, 2.75) is 38.3 Å². The number of nitrogens with zero attached hydrogens (tertiary/aromatic N) is 1. The highest BCUT2D eigenvalue weighted by atomic mass is 19.4. The number of alkyl halides is 3. The minimum Gasteiger partial charge on any atom is -0.355 e. The van der Waals surface area contributed by atoms with Crippen LogP contribution < -0.4 is 5.32 Å². The van der Waals surface area contributed by atoms with Gasteiger partial charge in [0.25, 0.3) is 0 Å². The van der Waals surface area contributed by atoms with Crippen LogP contribution in [-0.2, 0) is 17.4 Å². The maximum Gasteiger partial charge on any atom is 0.416 e. The second kappa shape index (κ2) is 5.89. The summed E-state index contributed by atoms with van der Waals surface area (Å²) in [5.74, 6) is 1.24. The number of amides is 1. The van der Waals surface area contributed by atoms with Gasteiger partial charge in [0.05, 0.1) is 5.56 Å². The molecule has 0 unspecified atom stereocenters. The van der Waals surface area contributed by atoms with Crippen molar-refractivity contribution in [2.75, 3.05) is 6.54 Å². The second-order valence-corrected chi connectivity index (χ2v) is 6.28. The molecule has 1 aromatic heterocycles. The standard InChI is InChI=1S/C16H19F3N2O/c17-16(18,19)12-5-7-20-13(9-12)6-8-21-15(22)14(10-1-2-10)11-3-4-11/h5,7,9-11,14H,1-4,6,8H2,(H,21,22). The first-order valence-corrected chi connectivity index (χ1v) is 7.75. The number of hydrogen-bond donors (Lipinski definition) is 1. The maximum atomic E-state index is 12.6. The topological polar surface area (TPSA) is 42.0 Å². The highest BCUT2D eigenvalue weighted by molar-refractivity contribution is 5.80. The van der Waals surface area contributed by atoms with Crippen molar-refractivity contribution in [1.29, 1.82) is 0 Å². The molecule has 3 nitrogen and oxygen atoms in total. The molecule has 0 radical (unpaired) electrons. The highest BCUT2D eigenvalue weighted by Gasteiger charge is 2.45. The van der Waals surface area contributed by atoms with Crippen molar-refractivity contribution < 1.29 is 18.0 Å². The van der Waals surface area contributed by atoms with Crippen LogP contribution in [0.15, 0.2) is 18.3 Å². The molecule has 0 saturated heterocycles. The summed E-state index contributed by atoms with van der Waals surface area (Å²) >= 11 is 0. The zero-order valence-corrected chi connectivity index (χ0v) is 12.2. The molecule has 120 valence electrons. The molecule has 22 heavy (non-hydrogen) atoms. The second-order valence-electron chi connectivity index (χ2n) is 6.28. The normalized spacial score (nSPS) is 18.5. The van der Waals surface area contributed by atoms with Gasteiger partial charge in [-0.3, -0.25) is 9.78 Å². The molecule has 0 aliphatic heterocycles. The molecule has 1 N–H and O–H groups in total. The van der Waals surface area contributed by atoms with Gasteiger partial charge in [-0.15, -0.1) is 0 Å². The van der Waals surface area contributed by atoms with E-state index in [0.717, 1.165) is 44.0 Å². The van der Waals surface area contributed by atoms with Crippen LogP contribution in [0.1, 0.15) is 36.9 Å². The molecule has 3 rings (SSSR count). The van der Waals surface area contributed by atoms with Crippen LogP contribution in [0.4, 0.5) is 13.2 Å². The van der Waals surface area contributed by atoms with Gasteiger partial charge in [-0.1, -0.05) is 0 Å². The van der Waals surface area contributed by atoms with Crippen LogP contribution in [0, 0.1) is 17.8 Å². The third-order valence-electron chi connectivity index (χ3n) is 4.39. The zero-order chi connectivity index (χ0) is 15.7. The van der Waals surface area contributed by atoms with Crippen LogP contribution in [0.5, 0.6) is 0 Å². The average Bonchev–Trinajstić information content (AvgIpc) is 3.33. The van der Waals surface area contributed by atoms with Crippen molar-refractivity contribution in [1.82, 2.24) is 10.3 Å². The number of carbonyl (C=O) groups is 1. The van der Waals surface area contributed by atoms with Crippen molar-refractivity contribution >= 4 is 5.91 Å². The number of pyridine rings is 1. The number of halogens is 3. The minimum absolute atomic E-state index is 0.0666. The summed E-state index contributed by atoms with van der Waals surface area (Å²) in [6, 6.07) is 2.00. The fraction of sp³-hybridized carbons (Fsp3) is 0.625. The van der Waals surface area contributed by atoms with Crippen molar-refractivity contribution in [2.24, 2.45) is 17.8 Å². The summed E-state index contributed by atoms with van der Waals surface area (Å²) in [7, 11) is 0. The van der Waals surface area contributed by atoms with Crippen LogP contribution in [0.2, 0.25) is 0 Å². The molecule has 6 heteroatoms. The van der Waals surface area contributed by atoms with Crippen LogP contribution in [0.25, 0.3) is 0 Å². The van der Waals surface area contributed by atoms with E-state index in [0.29, 0.717) is 30.5 Å². The fourth-order valence-corrected chi connectivity index (χ4v) is 2.95. The van der Waals surface area contributed by atoms with E-state index in [-0.39, 0.29) is 11.8 Å². The molecule has 0 aromatic carbocycles. The third-order valence-corrected chi connectivity index (χ3v) is 4.39. The minimum atomic E-state index is -4.36. The first-order chi connectivity index (χ1) is 10.4. The van der Waals surface area contributed by atoms with Crippen LogP contribution in [0.3, 0.4) is 0 Å². The lowest BCUT2D eigenvalue weighted by atomic mass is 9.97. The molecular weight excluding hydrogens is 293 g/mol. The van der Waals surface area contributed by atoms with E-state index < -0.39 is 11.7 Å². The Morgan fingerprint density at radius 3 is 2.45 bits per heavy atom. The van der Waals surface area contributed by atoms with Crippen LogP contribution in [-0.4, -0.2) is 17.4 Å². The summed E-state index contributed by atoms with van der Waals surface area (Å²) in [6.07, 6.45) is 1.64. The Morgan fingerprint density at radius 1 is 1.27 bits per heavy atom. The molecule has 2 saturated carbocycles. The van der Waals surface area contributed by atoms with E-state index >= 15 is 0 Å². The molecule has 2 fully saturated rings. The van der Waals surface area contributed by atoms with E-state index in [9.17, 15) is 18.0 Å². The summed E-state index contributed by atoms with van der Waals surface area (Å²) in [4.78, 5) is 16.1. The Labute approximate surface area is 127 Å². The van der Waals surface area contributed by atoms with Gasteiger partial charge in [-0.05, 0) is 49.7 Å². The van der Waals surface area contributed by atoms with Crippen molar-refractivity contribution in [3.63, 3.8) is 0 Å². The number of aromatic nitrogens is 1. The largest absolute Gasteiger partial charge is 0.416 e. The molecule has 0 atom stereocenters. The number of rotatable bonds is 6. The van der Waals surface area contributed by atoms with Crippen LogP contribution >= 0.6 is 0 Å². The summed E-state index contributed by atoms with van der Waals surface area (Å²) < 4.78 is 37.9. The Kier molecular flexibility index (Phi) is 4.10. The highest BCUT2D eigenvalue weighted by Crippen LogP contribution is 2.49. The Bertz CT molecular complexity index is 539. The molecule has 2 aliphatic rings. The van der Waals surface area contributed by atoms with Gasteiger partial charge in [0.2, 0.25) is 5.91 Å². The van der Waals surface area contributed by atoms with E-state index in [1.807, 2.05) is 0 Å². The molecule has 2 aliphatic carbocycles. The fourth-order valence-electron chi connectivity index (χ4n) is 2.95. The Balaban J connectivity index is 1.51. The molecule has 1 aromatic rings. The van der Waals surface area contributed by atoms with E-state index in [2.05, 4.69) is 10.3 Å². The summed E-state index contributed by atoms with van der Waals surface area (Å²) in [5.41, 5.74) is -0.345. The first-order valence-electron chi connectivity index (χ1n) is 7.75. The summed E-state index contributed by atoms with van der Waals surface area (Å²) in [5, 5.41) is 2.87. The van der Waals surface area contributed by atoms with Gasteiger partial charge in [-0.2, -0.15) is 13.2 Å². The quantitative estimate of drug-likeness (QED) is 0.876. The first kappa shape index (κ1) is 15.3. The lowest BCUT2D eigenvalue weighted by Crippen LogP contribution is -2.34. The number of carbonyl (C=O) groups excluding carboxylic acids is 1. The van der Waals surface area contributed by atoms with Crippen molar-refractivity contribution in [3.8, 4) is 0 Å². The van der Waals surface area contributed by atoms with E-state index in [1.165, 1.54) is 0 Å². The zero-order valence-electron chi connectivity index (χ0n) is 12.2. The smallest absolute Gasteiger partial charge is 0.355 e. The molecular formula is C16H19F3N2O. The van der Waals surface area contributed by atoms with E-state index in [1.54, 1.807) is 0 Å². The van der Waals surface area contributed by atoms with Gasteiger partial charge >= 0.3 is 6.18 Å². The lowest BCUT2D eigenvalue weighted by Gasteiger charge is -2.15. The molecule has 1 heterocycles. The predicted octanol–water partition coefficient (Wildman–Crippen LogP) is 3.20. The monoisotopic (exact) mass is 312 g/mol. The maximum absolute atomic E-state index is 12.6. The van der Waals surface area contributed by atoms with Gasteiger partial charge in [0, 0.05) is 30.8 Å². The molecule has 1 amide bonds. The summed E-state index contributed by atoms with van der Waals surface area (Å²) in [6.45, 7) is 0.336. The predicted molar refractivity (Wildman–Crippen MR) is 74.9 cm³/mol. The Morgan fingerprint density at radius 2 is 1.91 bits per heavy atom. The number of hydrogen-bond acceptors (Lipinski definition) is 2.